The molecule has 0 saturated heterocycles. The average molecular weight is 461 g/mol. The van der Waals surface area contributed by atoms with Gasteiger partial charge in [0.15, 0.2) is 5.78 Å². The third kappa shape index (κ3) is 5.15. The highest BCUT2D eigenvalue weighted by atomic mass is 35.5. The van der Waals surface area contributed by atoms with Gasteiger partial charge in [-0.15, -0.1) is 0 Å². The quantitative estimate of drug-likeness (QED) is 0.459. The highest BCUT2D eigenvalue weighted by Crippen LogP contribution is 2.31. The van der Waals surface area contributed by atoms with Crippen molar-refractivity contribution in [2.75, 3.05) is 12.4 Å². The van der Waals surface area contributed by atoms with Crippen LogP contribution in [0.2, 0.25) is 5.02 Å². The van der Waals surface area contributed by atoms with Crippen LogP contribution in [-0.2, 0) is 6.42 Å². The number of carbonyl (C=O) groups is 2. The Balaban J connectivity index is 1.56. The predicted octanol–water partition coefficient (Wildman–Crippen LogP) is 6.00. The summed E-state index contributed by atoms with van der Waals surface area (Å²) in [7, 11) is 1.62. The van der Waals surface area contributed by atoms with E-state index in [0.717, 1.165) is 29.0 Å². The van der Waals surface area contributed by atoms with Crippen LogP contribution < -0.4 is 10.1 Å². The lowest BCUT2D eigenvalue weighted by molar-refractivity contribution is 0.0996. The number of ketones is 1. The maximum atomic E-state index is 13.2. The zero-order chi connectivity index (χ0) is 23.6. The summed E-state index contributed by atoms with van der Waals surface area (Å²) in [5.41, 5.74) is 3.96. The number of aliphatic imine (C=N–C) groups is 1. The van der Waals surface area contributed by atoms with Crippen molar-refractivity contribution in [1.82, 2.24) is 0 Å². The Morgan fingerprint density at radius 1 is 1.06 bits per heavy atom. The summed E-state index contributed by atoms with van der Waals surface area (Å²) in [4.78, 5) is 30.7. The fourth-order valence-electron chi connectivity index (χ4n) is 4.04. The molecule has 1 aliphatic heterocycles. The van der Waals surface area contributed by atoms with Crippen LogP contribution in [0.15, 0.2) is 71.7 Å². The Labute approximate surface area is 198 Å². The topological polar surface area (TPSA) is 67.8 Å². The molecule has 1 N–H and O–H groups in total. The smallest absolute Gasteiger partial charge is 0.257 e. The van der Waals surface area contributed by atoms with Crippen LogP contribution in [0.1, 0.15) is 52.1 Å². The Bertz CT molecular complexity index is 1260. The van der Waals surface area contributed by atoms with Gasteiger partial charge in [-0.1, -0.05) is 41.9 Å². The first-order valence-corrected chi connectivity index (χ1v) is 11.1. The van der Waals surface area contributed by atoms with Crippen molar-refractivity contribution in [2.45, 2.75) is 32.2 Å². The largest absolute Gasteiger partial charge is 0.497 e. The minimum absolute atomic E-state index is 0.0749. The molecule has 168 valence electrons. The molecule has 3 aromatic rings. The molecule has 1 aliphatic rings. The number of ether oxygens (including phenoxy) is 1. The van der Waals surface area contributed by atoms with Gasteiger partial charge in [0.25, 0.3) is 5.91 Å². The minimum atomic E-state index is -0.329. The molecule has 33 heavy (non-hydrogen) atoms. The lowest BCUT2D eigenvalue weighted by Gasteiger charge is -2.29. The SMILES string of the molecule is COc1ccc2c(c1)C(CC(=O)c1cccc(NC(=O)c3ccccc3Cl)c1)=NC(C)(C)C2. The molecule has 0 bridgehead atoms. The van der Waals surface area contributed by atoms with E-state index in [4.69, 9.17) is 21.3 Å². The second-order valence-corrected chi connectivity index (χ2v) is 9.09. The molecule has 4 rings (SSSR count). The van der Waals surface area contributed by atoms with Crippen molar-refractivity contribution in [3.05, 3.63) is 94.0 Å². The minimum Gasteiger partial charge on any atom is -0.497 e. The summed E-state index contributed by atoms with van der Waals surface area (Å²) in [5.74, 6) is 0.330. The number of nitrogens with zero attached hydrogens (tertiary/aromatic N) is 1. The van der Waals surface area contributed by atoms with E-state index < -0.39 is 0 Å². The number of carbonyl (C=O) groups excluding carboxylic acids is 2. The number of hydrogen-bond acceptors (Lipinski definition) is 4. The van der Waals surface area contributed by atoms with Crippen LogP contribution in [0.25, 0.3) is 0 Å². The van der Waals surface area contributed by atoms with Crippen LogP contribution in [0.5, 0.6) is 5.75 Å². The van der Waals surface area contributed by atoms with Crippen molar-refractivity contribution >= 4 is 34.7 Å². The van der Waals surface area contributed by atoms with Gasteiger partial charge in [-0.05, 0) is 62.2 Å². The van der Waals surface area contributed by atoms with E-state index in [0.29, 0.717) is 21.8 Å². The first kappa shape index (κ1) is 22.7. The van der Waals surface area contributed by atoms with Crippen LogP contribution in [-0.4, -0.2) is 30.1 Å². The number of hydrogen-bond donors (Lipinski definition) is 1. The third-order valence-corrected chi connectivity index (χ3v) is 5.91. The van der Waals surface area contributed by atoms with Crippen LogP contribution in [0, 0.1) is 0 Å². The van der Waals surface area contributed by atoms with Crippen LogP contribution in [0.4, 0.5) is 5.69 Å². The summed E-state index contributed by atoms with van der Waals surface area (Å²) < 4.78 is 5.38. The van der Waals surface area contributed by atoms with Gasteiger partial charge in [-0.3, -0.25) is 14.6 Å². The van der Waals surface area contributed by atoms with Gasteiger partial charge in [-0.25, -0.2) is 0 Å². The molecule has 1 heterocycles. The molecule has 0 fully saturated rings. The number of methoxy groups -OCH3 is 1. The zero-order valence-corrected chi connectivity index (χ0v) is 19.6. The lowest BCUT2D eigenvalue weighted by atomic mass is 9.85. The number of amides is 1. The summed E-state index contributed by atoms with van der Waals surface area (Å²) >= 11 is 6.12. The van der Waals surface area contributed by atoms with E-state index in [1.807, 2.05) is 18.2 Å². The first-order valence-electron chi connectivity index (χ1n) is 10.7. The van der Waals surface area contributed by atoms with Crippen molar-refractivity contribution in [1.29, 1.82) is 0 Å². The summed E-state index contributed by atoms with van der Waals surface area (Å²) in [6.45, 7) is 4.13. The lowest BCUT2D eigenvalue weighted by Crippen LogP contribution is -2.30. The normalized spacial score (nSPS) is 14.1. The molecule has 0 radical (unpaired) electrons. The van der Waals surface area contributed by atoms with Gasteiger partial charge in [0.1, 0.15) is 5.75 Å². The number of nitrogens with one attached hydrogen (secondary N) is 1. The van der Waals surface area contributed by atoms with Gasteiger partial charge < -0.3 is 10.1 Å². The molecule has 5 nitrogen and oxygen atoms in total. The third-order valence-electron chi connectivity index (χ3n) is 5.58. The number of halogens is 1. The first-order chi connectivity index (χ1) is 15.8. The zero-order valence-electron chi connectivity index (χ0n) is 18.8. The van der Waals surface area contributed by atoms with Crippen molar-refractivity contribution in [3.63, 3.8) is 0 Å². The van der Waals surface area contributed by atoms with E-state index in [-0.39, 0.29) is 23.7 Å². The number of anilines is 1. The number of rotatable bonds is 6. The van der Waals surface area contributed by atoms with Crippen LogP contribution in [0.3, 0.4) is 0 Å². The standard InChI is InChI=1S/C27H25ClN2O3/c1-27(2)16-18-11-12-20(33-3)14-22(18)24(30-27)15-25(31)17-7-6-8-19(13-17)29-26(32)21-9-4-5-10-23(21)28/h4-14H,15-16H2,1-3H3,(H,29,32). The number of Topliss-reactive ketones (excluding diaryl/α,β-unsaturated/α-hetero) is 1. The Morgan fingerprint density at radius 3 is 2.61 bits per heavy atom. The van der Waals surface area contributed by atoms with E-state index in [1.165, 1.54) is 0 Å². The molecule has 0 spiro atoms. The maximum absolute atomic E-state index is 13.2. The molecule has 0 aromatic heterocycles. The fourth-order valence-corrected chi connectivity index (χ4v) is 4.26. The van der Waals surface area contributed by atoms with Crippen molar-refractivity contribution in [3.8, 4) is 5.75 Å². The number of fused-ring (bicyclic) bond motifs is 1. The van der Waals surface area contributed by atoms with Crippen LogP contribution >= 0.6 is 11.6 Å². The Kier molecular flexibility index (Phi) is 6.34. The molecule has 1 amide bonds. The van der Waals surface area contributed by atoms with E-state index in [9.17, 15) is 9.59 Å². The second kappa shape index (κ2) is 9.20. The Hall–Kier alpha value is -3.44. The maximum Gasteiger partial charge on any atom is 0.257 e. The summed E-state index contributed by atoms with van der Waals surface area (Å²) in [6, 6.07) is 19.7. The van der Waals surface area contributed by atoms with Gasteiger partial charge in [0.05, 0.1) is 35.4 Å². The highest BCUT2D eigenvalue weighted by molar-refractivity contribution is 6.34. The second-order valence-electron chi connectivity index (χ2n) is 8.69. The predicted molar refractivity (Wildman–Crippen MR) is 132 cm³/mol. The van der Waals surface area contributed by atoms with Crippen molar-refractivity contribution in [2.24, 2.45) is 4.99 Å². The van der Waals surface area contributed by atoms with Crippen molar-refractivity contribution < 1.29 is 14.3 Å². The molecule has 0 aliphatic carbocycles. The molecular formula is C27H25ClN2O3. The van der Waals surface area contributed by atoms with E-state index in [2.05, 4.69) is 19.2 Å². The number of benzene rings is 3. The monoisotopic (exact) mass is 460 g/mol. The van der Waals surface area contributed by atoms with E-state index >= 15 is 0 Å². The fraction of sp³-hybridized carbons (Fsp3) is 0.222. The summed E-state index contributed by atoms with van der Waals surface area (Å²) in [5, 5.41) is 3.19. The van der Waals surface area contributed by atoms with Gasteiger partial charge in [-0.2, -0.15) is 0 Å². The summed E-state index contributed by atoms with van der Waals surface area (Å²) in [6.07, 6.45) is 0.957. The molecule has 3 aromatic carbocycles. The molecule has 0 unspecified atom stereocenters. The van der Waals surface area contributed by atoms with Gasteiger partial charge in [0, 0.05) is 16.8 Å². The van der Waals surface area contributed by atoms with Gasteiger partial charge in [0.2, 0.25) is 0 Å². The average Bonchev–Trinajstić information content (AvgIpc) is 2.78. The highest BCUT2D eigenvalue weighted by Gasteiger charge is 2.28. The molecule has 0 atom stereocenters. The Morgan fingerprint density at radius 2 is 1.85 bits per heavy atom. The van der Waals surface area contributed by atoms with Gasteiger partial charge >= 0.3 is 0 Å². The van der Waals surface area contributed by atoms with E-state index in [1.54, 1.807) is 55.6 Å². The molecular weight excluding hydrogens is 436 g/mol. The molecule has 6 heteroatoms. The molecule has 0 saturated carbocycles.